The predicted octanol–water partition coefficient (Wildman–Crippen LogP) is 1.51. The molecule has 0 radical (unpaired) electrons. The number of rotatable bonds is 1. The molecule has 0 unspecified atom stereocenters. The smallest absolute Gasteiger partial charge is 0.222 e. The average molecular weight is 193 g/mol. The fourth-order valence-corrected chi connectivity index (χ4v) is 1.53. The molecule has 0 bridgehead atoms. The van der Waals surface area contributed by atoms with Gasteiger partial charge in [0.05, 0.1) is 12.2 Å². The number of fused-ring (bicyclic) bond motifs is 1. The molecule has 1 aliphatic rings. The summed E-state index contributed by atoms with van der Waals surface area (Å²) >= 11 is 0. The van der Waals surface area contributed by atoms with Crippen LogP contribution in [0.1, 0.15) is 37.6 Å². The number of nitrogen functional groups attached to an aromatic ring is 1. The van der Waals surface area contributed by atoms with E-state index in [4.69, 9.17) is 10.5 Å². The molecule has 0 saturated heterocycles. The fraction of sp³-hybridized carbons (Fsp3) is 0.600. The molecule has 2 rings (SSSR count). The second-order valence-corrected chi connectivity index (χ2v) is 3.86. The van der Waals surface area contributed by atoms with Crippen molar-refractivity contribution in [2.24, 2.45) is 0 Å². The van der Waals surface area contributed by atoms with Gasteiger partial charge in [0.15, 0.2) is 0 Å². The summed E-state index contributed by atoms with van der Waals surface area (Å²) in [5, 5.41) is 0. The van der Waals surface area contributed by atoms with Crippen LogP contribution in [0.25, 0.3) is 0 Å². The summed E-state index contributed by atoms with van der Waals surface area (Å²) in [6.45, 7) is 4.83. The Morgan fingerprint density at radius 2 is 2.14 bits per heavy atom. The molecule has 1 aliphatic heterocycles. The van der Waals surface area contributed by atoms with Gasteiger partial charge in [-0.05, 0) is 12.8 Å². The molecule has 0 aliphatic carbocycles. The van der Waals surface area contributed by atoms with Crippen LogP contribution >= 0.6 is 0 Å². The molecular formula is C10H15N3O. The maximum atomic E-state index is 5.85. The molecule has 0 amide bonds. The molecule has 76 valence electrons. The molecule has 0 aromatic carbocycles. The van der Waals surface area contributed by atoms with E-state index in [0.717, 1.165) is 30.8 Å². The molecule has 14 heavy (non-hydrogen) atoms. The summed E-state index contributed by atoms with van der Waals surface area (Å²) in [6, 6.07) is 0. The zero-order chi connectivity index (χ0) is 10.1. The van der Waals surface area contributed by atoms with Crippen molar-refractivity contribution in [2.75, 3.05) is 12.3 Å². The Morgan fingerprint density at radius 3 is 2.86 bits per heavy atom. The molecule has 4 heteroatoms. The van der Waals surface area contributed by atoms with Gasteiger partial charge in [0, 0.05) is 5.92 Å². The van der Waals surface area contributed by atoms with Crippen molar-refractivity contribution in [2.45, 2.75) is 32.6 Å². The fourth-order valence-electron chi connectivity index (χ4n) is 1.53. The topological polar surface area (TPSA) is 61.0 Å². The Hall–Kier alpha value is -1.32. The van der Waals surface area contributed by atoms with Crippen LogP contribution in [-0.2, 0) is 6.42 Å². The minimum absolute atomic E-state index is 0.285. The molecule has 0 atom stereocenters. The summed E-state index contributed by atoms with van der Waals surface area (Å²) < 4.78 is 5.46. The highest BCUT2D eigenvalue weighted by molar-refractivity contribution is 5.46. The lowest BCUT2D eigenvalue weighted by atomic mass is 10.1. The average Bonchev–Trinajstić information content (AvgIpc) is 2.17. The number of hydrogen-bond acceptors (Lipinski definition) is 4. The maximum absolute atomic E-state index is 5.85. The zero-order valence-corrected chi connectivity index (χ0v) is 8.58. The van der Waals surface area contributed by atoms with Gasteiger partial charge in [-0.15, -0.1) is 0 Å². The second kappa shape index (κ2) is 3.44. The number of hydrogen-bond donors (Lipinski definition) is 1. The van der Waals surface area contributed by atoms with Crippen molar-refractivity contribution < 1.29 is 4.74 Å². The standard InChI is InChI=1S/C10H15N3O/c1-6(2)9-12-8(11)7-4-3-5-14-10(7)13-9/h6H,3-5H2,1-2H3,(H2,11,12,13). The third-order valence-corrected chi connectivity index (χ3v) is 2.34. The Labute approximate surface area is 83.5 Å². The minimum atomic E-state index is 0.285. The van der Waals surface area contributed by atoms with E-state index < -0.39 is 0 Å². The van der Waals surface area contributed by atoms with Crippen molar-refractivity contribution in [1.29, 1.82) is 0 Å². The van der Waals surface area contributed by atoms with Gasteiger partial charge in [-0.3, -0.25) is 0 Å². The van der Waals surface area contributed by atoms with E-state index >= 15 is 0 Å². The van der Waals surface area contributed by atoms with Crippen molar-refractivity contribution in [3.63, 3.8) is 0 Å². The Balaban J connectivity index is 2.46. The van der Waals surface area contributed by atoms with Crippen LogP contribution in [0.4, 0.5) is 5.82 Å². The lowest BCUT2D eigenvalue weighted by molar-refractivity contribution is 0.274. The molecule has 2 heterocycles. The third kappa shape index (κ3) is 1.52. The van der Waals surface area contributed by atoms with E-state index in [2.05, 4.69) is 9.97 Å². The quantitative estimate of drug-likeness (QED) is 0.734. The van der Waals surface area contributed by atoms with Crippen molar-refractivity contribution in [1.82, 2.24) is 9.97 Å². The summed E-state index contributed by atoms with van der Waals surface area (Å²) in [5.74, 6) is 2.32. The molecular weight excluding hydrogens is 178 g/mol. The van der Waals surface area contributed by atoms with Crippen LogP contribution in [0, 0.1) is 0 Å². The van der Waals surface area contributed by atoms with Gasteiger partial charge < -0.3 is 10.5 Å². The highest BCUT2D eigenvalue weighted by atomic mass is 16.5. The first-order chi connectivity index (χ1) is 6.68. The number of ether oxygens (including phenoxy) is 1. The normalized spacial score (nSPS) is 15.1. The van der Waals surface area contributed by atoms with E-state index in [0.29, 0.717) is 11.7 Å². The summed E-state index contributed by atoms with van der Waals surface area (Å²) in [4.78, 5) is 8.63. The van der Waals surface area contributed by atoms with Crippen molar-refractivity contribution >= 4 is 5.82 Å². The largest absolute Gasteiger partial charge is 0.477 e. The van der Waals surface area contributed by atoms with E-state index in [1.54, 1.807) is 0 Å². The molecule has 1 aromatic heterocycles. The summed E-state index contributed by atoms with van der Waals surface area (Å²) in [6.07, 6.45) is 1.93. The molecule has 4 nitrogen and oxygen atoms in total. The molecule has 0 spiro atoms. The van der Waals surface area contributed by atoms with Gasteiger partial charge >= 0.3 is 0 Å². The van der Waals surface area contributed by atoms with Crippen LogP contribution in [0.5, 0.6) is 5.88 Å². The number of anilines is 1. The lowest BCUT2D eigenvalue weighted by Crippen LogP contribution is -2.15. The Kier molecular flexibility index (Phi) is 2.27. The Morgan fingerprint density at radius 1 is 1.36 bits per heavy atom. The van der Waals surface area contributed by atoms with Crippen LogP contribution < -0.4 is 10.5 Å². The second-order valence-electron chi connectivity index (χ2n) is 3.86. The summed E-state index contributed by atoms with van der Waals surface area (Å²) in [5.41, 5.74) is 6.82. The molecule has 0 fully saturated rings. The van der Waals surface area contributed by atoms with Gasteiger partial charge in [0.25, 0.3) is 0 Å². The van der Waals surface area contributed by atoms with Crippen molar-refractivity contribution in [3.8, 4) is 5.88 Å². The Bertz CT molecular complexity index is 349. The van der Waals surface area contributed by atoms with E-state index in [-0.39, 0.29) is 5.92 Å². The van der Waals surface area contributed by atoms with E-state index in [1.165, 1.54) is 0 Å². The first-order valence-corrected chi connectivity index (χ1v) is 4.97. The van der Waals surface area contributed by atoms with E-state index in [1.807, 2.05) is 13.8 Å². The first kappa shape index (κ1) is 9.24. The van der Waals surface area contributed by atoms with Gasteiger partial charge in [-0.1, -0.05) is 13.8 Å². The van der Waals surface area contributed by atoms with Gasteiger partial charge in [-0.2, -0.15) is 4.98 Å². The zero-order valence-electron chi connectivity index (χ0n) is 8.58. The number of aromatic nitrogens is 2. The SMILES string of the molecule is CC(C)c1nc(N)c2c(n1)OCCC2. The van der Waals surface area contributed by atoms with Gasteiger partial charge in [0.1, 0.15) is 11.6 Å². The van der Waals surface area contributed by atoms with Gasteiger partial charge in [0.2, 0.25) is 5.88 Å². The van der Waals surface area contributed by atoms with Crippen LogP contribution in [-0.4, -0.2) is 16.6 Å². The van der Waals surface area contributed by atoms with E-state index in [9.17, 15) is 0 Å². The minimum Gasteiger partial charge on any atom is -0.477 e. The summed E-state index contributed by atoms with van der Waals surface area (Å²) in [7, 11) is 0. The third-order valence-electron chi connectivity index (χ3n) is 2.34. The van der Waals surface area contributed by atoms with Crippen molar-refractivity contribution in [3.05, 3.63) is 11.4 Å². The molecule has 1 aromatic rings. The monoisotopic (exact) mass is 193 g/mol. The molecule has 2 N–H and O–H groups in total. The van der Waals surface area contributed by atoms with Crippen LogP contribution in [0.15, 0.2) is 0 Å². The maximum Gasteiger partial charge on any atom is 0.222 e. The highest BCUT2D eigenvalue weighted by Gasteiger charge is 2.18. The molecule has 0 saturated carbocycles. The number of nitrogens with two attached hydrogens (primary N) is 1. The van der Waals surface area contributed by atoms with Gasteiger partial charge in [-0.25, -0.2) is 4.98 Å². The van der Waals surface area contributed by atoms with Crippen LogP contribution in [0.3, 0.4) is 0 Å². The predicted molar refractivity (Wildman–Crippen MR) is 54.3 cm³/mol. The first-order valence-electron chi connectivity index (χ1n) is 4.97. The lowest BCUT2D eigenvalue weighted by Gasteiger charge is -2.18. The van der Waals surface area contributed by atoms with Crippen LogP contribution in [0.2, 0.25) is 0 Å². The highest BCUT2D eigenvalue weighted by Crippen LogP contribution is 2.27. The number of nitrogens with zero attached hydrogens (tertiary/aromatic N) is 2.